The summed E-state index contributed by atoms with van der Waals surface area (Å²) in [6.45, 7) is 6.35. The van der Waals surface area contributed by atoms with Crippen molar-refractivity contribution in [2.24, 2.45) is 16.8 Å². The first kappa shape index (κ1) is 18.0. The van der Waals surface area contributed by atoms with Gasteiger partial charge < -0.3 is 15.5 Å². The normalized spacial score (nSPS) is 17.6. The summed E-state index contributed by atoms with van der Waals surface area (Å²) < 4.78 is 0. The summed E-state index contributed by atoms with van der Waals surface area (Å²) in [5, 5.41) is 6.77. The molecule has 0 bridgehead atoms. The van der Waals surface area contributed by atoms with Crippen molar-refractivity contribution < 1.29 is 0 Å². The first-order chi connectivity index (χ1) is 8.04. The van der Waals surface area contributed by atoms with Crippen LogP contribution in [0, 0.1) is 11.8 Å². The minimum absolute atomic E-state index is 0. The number of aliphatic imine (C=N–C) groups is 1. The van der Waals surface area contributed by atoms with Gasteiger partial charge in [-0.25, -0.2) is 0 Å². The minimum Gasteiger partial charge on any atom is -0.356 e. The molecule has 1 aliphatic carbocycles. The number of nitrogens with one attached hydrogen (secondary N) is 2. The van der Waals surface area contributed by atoms with Crippen LogP contribution in [-0.2, 0) is 0 Å². The van der Waals surface area contributed by atoms with Gasteiger partial charge in [0.1, 0.15) is 0 Å². The smallest absolute Gasteiger partial charge is 0.191 e. The van der Waals surface area contributed by atoms with Crippen molar-refractivity contribution in [2.45, 2.75) is 32.7 Å². The van der Waals surface area contributed by atoms with Gasteiger partial charge in [-0.3, -0.25) is 4.99 Å². The summed E-state index contributed by atoms with van der Waals surface area (Å²) in [4.78, 5) is 6.57. The lowest BCUT2D eigenvalue weighted by molar-refractivity contribution is 0.264. The Morgan fingerprint density at radius 1 is 1.22 bits per heavy atom. The molecule has 1 atom stereocenters. The van der Waals surface area contributed by atoms with Gasteiger partial charge in [0, 0.05) is 26.2 Å². The van der Waals surface area contributed by atoms with E-state index in [1.165, 1.54) is 12.8 Å². The summed E-state index contributed by atoms with van der Waals surface area (Å²) in [5.41, 5.74) is 0. The van der Waals surface area contributed by atoms with Gasteiger partial charge in [-0.2, -0.15) is 0 Å². The molecule has 5 heteroatoms. The maximum absolute atomic E-state index is 4.25. The van der Waals surface area contributed by atoms with Crippen LogP contribution in [0.15, 0.2) is 4.99 Å². The predicted octanol–water partition coefficient (Wildman–Crippen LogP) is 1.77. The fourth-order valence-electron chi connectivity index (χ4n) is 1.97. The van der Waals surface area contributed by atoms with Crippen molar-refractivity contribution in [3.63, 3.8) is 0 Å². The van der Waals surface area contributed by atoms with Gasteiger partial charge in [0.15, 0.2) is 5.96 Å². The van der Waals surface area contributed by atoms with Crippen LogP contribution in [0.1, 0.15) is 26.7 Å². The Balaban J connectivity index is 0.00000289. The van der Waals surface area contributed by atoms with E-state index in [2.05, 4.69) is 48.5 Å². The van der Waals surface area contributed by atoms with E-state index >= 15 is 0 Å². The third-order valence-corrected chi connectivity index (χ3v) is 3.21. The van der Waals surface area contributed by atoms with Gasteiger partial charge in [0.25, 0.3) is 0 Å². The lowest BCUT2D eigenvalue weighted by Crippen LogP contribution is -2.46. The predicted molar refractivity (Wildman–Crippen MR) is 89.8 cm³/mol. The molecule has 1 fully saturated rings. The third-order valence-electron chi connectivity index (χ3n) is 3.21. The van der Waals surface area contributed by atoms with E-state index in [1.54, 1.807) is 0 Å². The number of hydrogen-bond acceptors (Lipinski definition) is 2. The highest BCUT2D eigenvalue weighted by Gasteiger charge is 2.32. The highest BCUT2D eigenvalue weighted by atomic mass is 127. The molecular weight excluding hydrogens is 339 g/mol. The fourth-order valence-corrected chi connectivity index (χ4v) is 1.97. The molecule has 0 aromatic carbocycles. The van der Waals surface area contributed by atoms with E-state index < -0.39 is 0 Å². The van der Waals surface area contributed by atoms with Gasteiger partial charge >= 0.3 is 0 Å². The zero-order valence-electron chi connectivity index (χ0n) is 12.4. The van der Waals surface area contributed by atoms with Crippen LogP contribution in [0.3, 0.4) is 0 Å². The summed E-state index contributed by atoms with van der Waals surface area (Å²) in [5.74, 6) is 2.44. The fraction of sp³-hybridized carbons (Fsp3) is 0.923. The van der Waals surface area contributed by atoms with Crippen LogP contribution in [0.5, 0.6) is 0 Å². The van der Waals surface area contributed by atoms with Gasteiger partial charge in [-0.05, 0) is 38.8 Å². The van der Waals surface area contributed by atoms with Crippen LogP contribution in [-0.4, -0.2) is 51.1 Å². The summed E-state index contributed by atoms with van der Waals surface area (Å²) >= 11 is 0. The van der Waals surface area contributed by atoms with Crippen molar-refractivity contribution in [3.8, 4) is 0 Å². The molecular formula is C13H29IN4. The molecule has 0 aromatic heterocycles. The van der Waals surface area contributed by atoms with Crippen LogP contribution in [0.2, 0.25) is 0 Å². The maximum atomic E-state index is 4.25. The zero-order chi connectivity index (χ0) is 12.8. The molecule has 1 saturated carbocycles. The highest BCUT2D eigenvalue weighted by molar-refractivity contribution is 14.0. The zero-order valence-corrected chi connectivity index (χ0v) is 14.7. The monoisotopic (exact) mass is 368 g/mol. The second kappa shape index (κ2) is 8.96. The molecule has 108 valence electrons. The van der Waals surface area contributed by atoms with Gasteiger partial charge in [-0.15, -0.1) is 24.0 Å². The number of hydrogen-bond donors (Lipinski definition) is 2. The number of halogens is 1. The van der Waals surface area contributed by atoms with E-state index in [1.807, 2.05) is 7.05 Å². The average molecular weight is 368 g/mol. The lowest BCUT2D eigenvalue weighted by atomic mass is 10.1. The van der Waals surface area contributed by atoms with Crippen molar-refractivity contribution >= 4 is 29.9 Å². The summed E-state index contributed by atoms with van der Waals surface area (Å²) in [6.07, 6.45) is 2.76. The molecule has 0 spiro atoms. The Labute approximate surface area is 129 Å². The lowest BCUT2D eigenvalue weighted by Gasteiger charge is -2.25. The topological polar surface area (TPSA) is 39.7 Å². The molecule has 0 heterocycles. The van der Waals surface area contributed by atoms with E-state index in [4.69, 9.17) is 0 Å². The van der Waals surface area contributed by atoms with Crippen molar-refractivity contribution in [1.82, 2.24) is 15.5 Å². The van der Waals surface area contributed by atoms with E-state index in [-0.39, 0.29) is 24.0 Å². The van der Waals surface area contributed by atoms with Crippen LogP contribution < -0.4 is 10.6 Å². The standard InChI is InChI=1S/C13H28N4.HI/c1-10(2)8-15-13(14-3)16-9-12(17(4)5)11-6-7-11;/h10-12H,6-9H2,1-5H3,(H2,14,15,16);1H. The molecule has 0 aromatic rings. The Morgan fingerprint density at radius 2 is 1.78 bits per heavy atom. The molecule has 1 unspecified atom stereocenters. The molecule has 18 heavy (non-hydrogen) atoms. The molecule has 0 aliphatic heterocycles. The van der Waals surface area contributed by atoms with E-state index in [0.717, 1.165) is 25.0 Å². The summed E-state index contributed by atoms with van der Waals surface area (Å²) in [7, 11) is 6.15. The molecule has 4 nitrogen and oxygen atoms in total. The number of guanidine groups is 1. The Morgan fingerprint density at radius 3 is 2.17 bits per heavy atom. The van der Waals surface area contributed by atoms with Crippen LogP contribution in [0.25, 0.3) is 0 Å². The highest BCUT2D eigenvalue weighted by Crippen LogP contribution is 2.34. The van der Waals surface area contributed by atoms with Crippen LogP contribution in [0.4, 0.5) is 0 Å². The first-order valence-corrected chi connectivity index (χ1v) is 6.65. The molecule has 1 aliphatic rings. The van der Waals surface area contributed by atoms with Gasteiger partial charge in [0.2, 0.25) is 0 Å². The SMILES string of the molecule is CN=C(NCC(C)C)NCC(C1CC1)N(C)C.I. The third kappa shape index (κ3) is 6.78. The number of likely N-dealkylation sites (N-methyl/N-ethyl adjacent to an activating group) is 1. The Hall–Kier alpha value is -0.0400. The van der Waals surface area contributed by atoms with Crippen LogP contribution >= 0.6 is 24.0 Å². The Kier molecular flexibility index (Phi) is 8.94. The summed E-state index contributed by atoms with van der Waals surface area (Å²) in [6, 6.07) is 0.632. The quantitative estimate of drug-likeness (QED) is 0.427. The molecule has 0 radical (unpaired) electrons. The average Bonchev–Trinajstić information content (AvgIpc) is 3.06. The molecule has 0 saturated heterocycles. The molecule has 0 amide bonds. The second-order valence-electron chi connectivity index (χ2n) is 5.60. The molecule has 1 rings (SSSR count). The molecule has 2 N–H and O–H groups in total. The Bertz CT molecular complexity index is 247. The second-order valence-corrected chi connectivity index (χ2v) is 5.60. The van der Waals surface area contributed by atoms with Crippen molar-refractivity contribution in [1.29, 1.82) is 0 Å². The van der Waals surface area contributed by atoms with Crippen molar-refractivity contribution in [2.75, 3.05) is 34.2 Å². The van der Waals surface area contributed by atoms with Gasteiger partial charge in [-0.1, -0.05) is 13.8 Å². The van der Waals surface area contributed by atoms with E-state index in [0.29, 0.717) is 12.0 Å². The number of rotatable bonds is 6. The maximum Gasteiger partial charge on any atom is 0.191 e. The largest absolute Gasteiger partial charge is 0.356 e. The first-order valence-electron chi connectivity index (χ1n) is 6.65. The number of nitrogens with zero attached hydrogens (tertiary/aromatic N) is 2. The van der Waals surface area contributed by atoms with Crippen molar-refractivity contribution in [3.05, 3.63) is 0 Å². The van der Waals surface area contributed by atoms with E-state index in [9.17, 15) is 0 Å². The minimum atomic E-state index is 0. The van der Waals surface area contributed by atoms with Gasteiger partial charge in [0.05, 0.1) is 0 Å².